The summed E-state index contributed by atoms with van der Waals surface area (Å²) in [4.78, 5) is 22.4. The standard InChI is InChI=1S/C11H20N2O3/c1-7(2)10(14)12-8-4-5-9(6-8)13-11(15)16-3/h7-9H,4-6H2,1-3H3,(H,12,14)(H,13,15)/t8-,9?/m1/s1. The second kappa shape index (κ2) is 5.72. The predicted molar refractivity (Wildman–Crippen MR) is 59.9 cm³/mol. The maximum atomic E-state index is 11.5. The number of nitrogens with one attached hydrogen (secondary N) is 2. The Balaban J connectivity index is 2.30. The molecule has 5 nitrogen and oxygen atoms in total. The van der Waals surface area contributed by atoms with Crippen molar-refractivity contribution in [1.29, 1.82) is 0 Å². The molecule has 2 amide bonds. The van der Waals surface area contributed by atoms with Gasteiger partial charge in [-0.15, -0.1) is 0 Å². The number of methoxy groups -OCH3 is 1. The van der Waals surface area contributed by atoms with Crippen molar-refractivity contribution in [2.24, 2.45) is 5.92 Å². The molecule has 2 atom stereocenters. The van der Waals surface area contributed by atoms with Crippen molar-refractivity contribution in [3.05, 3.63) is 0 Å². The molecule has 1 fully saturated rings. The van der Waals surface area contributed by atoms with Gasteiger partial charge in [0.25, 0.3) is 0 Å². The Hall–Kier alpha value is -1.26. The lowest BCUT2D eigenvalue weighted by molar-refractivity contribution is -0.124. The molecular formula is C11H20N2O3. The van der Waals surface area contributed by atoms with E-state index in [-0.39, 0.29) is 23.9 Å². The third-order valence-electron chi connectivity index (χ3n) is 2.81. The first kappa shape index (κ1) is 12.8. The topological polar surface area (TPSA) is 67.4 Å². The highest BCUT2D eigenvalue weighted by molar-refractivity contribution is 5.78. The molecule has 92 valence electrons. The van der Waals surface area contributed by atoms with E-state index in [2.05, 4.69) is 15.4 Å². The van der Waals surface area contributed by atoms with Crippen LogP contribution < -0.4 is 10.6 Å². The van der Waals surface area contributed by atoms with Crippen molar-refractivity contribution in [2.45, 2.75) is 45.2 Å². The Morgan fingerprint density at radius 2 is 1.75 bits per heavy atom. The van der Waals surface area contributed by atoms with Gasteiger partial charge in [-0.25, -0.2) is 4.79 Å². The Bertz CT molecular complexity index is 266. The van der Waals surface area contributed by atoms with Gasteiger partial charge in [0.05, 0.1) is 7.11 Å². The van der Waals surface area contributed by atoms with Crippen molar-refractivity contribution in [3.8, 4) is 0 Å². The van der Waals surface area contributed by atoms with Crippen molar-refractivity contribution < 1.29 is 14.3 Å². The van der Waals surface area contributed by atoms with Crippen LogP contribution in [-0.2, 0) is 9.53 Å². The van der Waals surface area contributed by atoms with Gasteiger partial charge in [0.15, 0.2) is 0 Å². The average Bonchev–Trinajstić information content (AvgIpc) is 2.65. The Labute approximate surface area is 95.9 Å². The first-order valence-electron chi connectivity index (χ1n) is 5.67. The summed E-state index contributed by atoms with van der Waals surface area (Å²) in [7, 11) is 1.35. The molecule has 2 N–H and O–H groups in total. The molecule has 1 unspecified atom stereocenters. The smallest absolute Gasteiger partial charge is 0.407 e. The molecule has 16 heavy (non-hydrogen) atoms. The van der Waals surface area contributed by atoms with Crippen molar-refractivity contribution >= 4 is 12.0 Å². The summed E-state index contributed by atoms with van der Waals surface area (Å²) in [5.41, 5.74) is 0. The third kappa shape index (κ3) is 3.72. The number of carbonyl (C=O) groups is 2. The van der Waals surface area contributed by atoms with Crippen molar-refractivity contribution in [1.82, 2.24) is 10.6 Å². The third-order valence-corrected chi connectivity index (χ3v) is 2.81. The van der Waals surface area contributed by atoms with Crippen LogP contribution in [0.1, 0.15) is 33.1 Å². The molecule has 1 rings (SSSR count). The van der Waals surface area contributed by atoms with Crippen LogP contribution in [0.2, 0.25) is 0 Å². The molecule has 1 saturated carbocycles. The van der Waals surface area contributed by atoms with E-state index in [1.54, 1.807) is 0 Å². The summed E-state index contributed by atoms with van der Waals surface area (Å²) in [6.07, 6.45) is 2.18. The van der Waals surface area contributed by atoms with E-state index in [9.17, 15) is 9.59 Å². The summed E-state index contributed by atoms with van der Waals surface area (Å²) in [6, 6.07) is 0.293. The minimum absolute atomic E-state index is 0.00705. The summed E-state index contributed by atoms with van der Waals surface area (Å²) in [6.45, 7) is 3.74. The summed E-state index contributed by atoms with van der Waals surface area (Å²) < 4.78 is 4.53. The molecular weight excluding hydrogens is 208 g/mol. The molecule has 0 aromatic rings. The molecule has 0 heterocycles. The molecule has 0 spiro atoms. The molecule has 0 saturated heterocycles. The Morgan fingerprint density at radius 3 is 2.25 bits per heavy atom. The first-order valence-corrected chi connectivity index (χ1v) is 5.67. The zero-order valence-corrected chi connectivity index (χ0v) is 10.1. The van der Waals surface area contributed by atoms with E-state index in [4.69, 9.17) is 0 Å². The van der Waals surface area contributed by atoms with Crippen LogP contribution in [0, 0.1) is 5.92 Å². The van der Waals surface area contributed by atoms with Gasteiger partial charge in [-0.3, -0.25) is 4.79 Å². The van der Waals surface area contributed by atoms with Crippen molar-refractivity contribution in [2.75, 3.05) is 7.11 Å². The van der Waals surface area contributed by atoms with Gasteiger partial charge in [-0.05, 0) is 19.3 Å². The summed E-state index contributed by atoms with van der Waals surface area (Å²) >= 11 is 0. The zero-order valence-electron chi connectivity index (χ0n) is 10.1. The van der Waals surface area contributed by atoms with Crippen LogP contribution in [0.5, 0.6) is 0 Å². The fraction of sp³-hybridized carbons (Fsp3) is 0.818. The van der Waals surface area contributed by atoms with Gasteiger partial charge in [-0.2, -0.15) is 0 Å². The Kier molecular flexibility index (Phi) is 4.58. The lowest BCUT2D eigenvalue weighted by Gasteiger charge is -2.15. The maximum Gasteiger partial charge on any atom is 0.407 e. The van der Waals surface area contributed by atoms with Crippen LogP contribution in [0.15, 0.2) is 0 Å². The second-order valence-electron chi connectivity index (χ2n) is 4.51. The van der Waals surface area contributed by atoms with Gasteiger partial charge in [0.2, 0.25) is 5.91 Å². The fourth-order valence-corrected chi connectivity index (χ4v) is 1.84. The zero-order chi connectivity index (χ0) is 12.1. The monoisotopic (exact) mass is 228 g/mol. The SMILES string of the molecule is COC(=O)NC1CC[C@@H](NC(=O)C(C)C)C1. The highest BCUT2D eigenvalue weighted by Crippen LogP contribution is 2.19. The van der Waals surface area contributed by atoms with Gasteiger partial charge in [0, 0.05) is 18.0 Å². The molecule has 0 bridgehead atoms. The van der Waals surface area contributed by atoms with Crippen LogP contribution in [0.25, 0.3) is 0 Å². The quantitative estimate of drug-likeness (QED) is 0.758. The molecule has 1 aliphatic rings. The van der Waals surface area contributed by atoms with E-state index >= 15 is 0 Å². The van der Waals surface area contributed by atoms with Gasteiger partial charge in [-0.1, -0.05) is 13.8 Å². The van der Waals surface area contributed by atoms with E-state index in [1.807, 2.05) is 13.8 Å². The number of ether oxygens (including phenoxy) is 1. The van der Waals surface area contributed by atoms with Crippen LogP contribution >= 0.6 is 0 Å². The Morgan fingerprint density at radius 1 is 1.19 bits per heavy atom. The molecule has 5 heteroatoms. The van der Waals surface area contributed by atoms with Crippen LogP contribution in [-0.4, -0.2) is 31.2 Å². The minimum atomic E-state index is -0.402. The second-order valence-corrected chi connectivity index (χ2v) is 4.51. The minimum Gasteiger partial charge on any atom is -0.453 e. The summed E-state index contributed by atoms with van der Waals surface area (Å²) in [5, 5.41) is 5.72. The average molecular weight is 228 g/mol. The van der Waals surface area contributed by atoms with Crippen molar-refractivity contribution in [3.63, 3.8) is 0 Å². The molecule has 0 aromatic carbocycles. The number of carbonyl (C=O) groups excluding carboxylic acids is 2. The van der Waals surface area contributed by atoms with E-state index < -0.39 is 6.09 Å². The number of amides is 2. The number of rotatable bonds is 3. The van der Waals surface area contributed by atoms with E-state index in [0.717, 1.165) is 19.3 Å². The first-order chi connectivity index (χ1) is 7.52. The van der Waals surface area contributed by atoms with E-state index in [1.165, 1.54) is 7.11 Å². The van der Waals surface area contributed by atoms with E-state index in [0.29, 0.717) is 0 Å². The fourth-order valence-electron chi connectivity index (χ4n) is 1.84. The normalized spacial score (nSPS) is 24.2. The lowest BCUT2D eigenvalue weighted by atomic mass is 10.1. The highest BCUT2D eigenvalue weighted by Gasteiger charge is 2.27. The number of hydrogen-bond acceptors (Lipinski definition) is 3. The highest BCUT2D eigenvalue weighted by atomic mass is 16.5. The van der Waals surface area contributed by atoms with Gasteiger partial charge < -0.3 is 15.4 Å². The largest absolute Gasteiger partial charge is 0.453 e. The number of alkyl carbamates (subject to hydrolysis) is 1. The van der Waals surface area contributed by atoms with Crippen LogP contribution in [0.4, 0.5) is 4.79 Å². The molecule has 0 aliphatic heterocycles. The van der Waals surface area contributed by atoms with Crippen LogP contribution in [0.3, 0.4) is 0 Å². The molecule has 0 radical (unpaired) electrons. The summed E-state index contributed by atoms with van der Waals surface area (Å²) in [5.74, 6) is 0.0799. The van der Waals surface area contributed by atoms with Gasteiger partial charge in [0.1, 0.15) is 0 Å². The van der Waals surface area contributed by atoms with Gasteiger partial charge >= 0.3 is 6.09 Å². The lowest BCUT2D eigenvalue weighted by Crippen LogP contribution is -2.38. The molecule has 0 aromatic heterocycles. The molecule has 1 aliphatic carbocycles. The maximum absolute atomic E-state index is 11.5. The number of hydrogen-bond donors (Lipinski definition) is 2. The predicted octanol–water partition coefficient (Wildman–Crippen LogP) is 1.04.